The van der Waals surface area contributed by atoms with Gasteiger partial charge in [0.15, 0.2) is 0 Å². The van der Waals surface area contributed by atoms with Gasteiger partial charge in [-0.2, -0.15) is 0 Å². The van der Waals surface area contributed by atoms with Crippen LogP contribution in [0.4, 0.5) is 0 Å². The summed E-state index contributed by atoms with van der Waals surface area (Å²) in [6, 6.07) is -0.277. The molecule has 0 radical (unpaired) electrons. The lowest BCUT2D eigenvalue weighted by atomic mass is 10.00. The second-order valence-electron chi connectivity index (χ2n) is 4.90. The predicted octanol–water partition coefficient (Wildman–Crippen LogP) is -0.917. The number of carbonyl (C=O) groups is 1. The number of nitrogens with one attached hydrogen (secondary N) is 1. The zero-order valence-electron chi connectivity index (χ0n) is 10.7. The van der Waals surface area contributed by atoms with Crippen molar-refractivity contribution in [1.82, 2.24) is 10.3 Å². The maximum atomic E-state index is 11.8. The Morgan fingerprint density at radius 2 is 2.24 bits per heavy atom. The maximum absolute atomic E-state index is 11.8. The first-order chi connectivity index (χ1) is 7.99. The number of nitrogens with two attached hydrogens (primary N) is 1. The quantitative estimate of drug-likeness (QED) is 0.339. The van der Waals surface area contributed by atoms with Gasteiger partial charge in [0.2, 0.25) is 0 Å². The van der Waals surface area contributed by atoms with E-state index in [1.807, 2.05) is 25.7 Å². The van der Waals surface area contributed by atoms with Gasteiger partial charge in [0.1, 0.15) is 0 Å². The molecule has 1 saturated heterocycles. The van der Waals surface area contributed by atoms with E-state index in [2.05, 4.69) is 5.43 Å². The Kier molecular flexibility index (Phi) is 5.32. The minimum atomic E-state index is -0.277. The Morgan fingerprint density at radius 3 is 2.71 bits per heavy atom. The molecule has 0 bridgehead atoms. The van der Waals surface area contributed by atoms with E-state index in [9.17, 15) is 4.79 Å². The molecule has 0 aromatic rings. The number of hydrogen-bond donors (Lipinski definition) is 3. The molecule has 1 amide bonds. The van der Waals surface area contributed by atoms with Crippen LogP contribution in [-0.4, -0.2) is 53.9 Å². The van der Waals surface area contributed by atoms with Crippen LogP contribution in [0.5, 0.6) is 0 Å². The van der Waals surface area contributed by atoms with Crippen LogP contribution in [-0.2, 0) is 9.53 Å². The van der Waals surface area contributed by atoms with Crippen LogP contribution in [0.1, 0.15) is 20.8 Å². The molecule has 1 heterocycles. The van der Waals surface area contributed by atoms with E-state index >= 15 is 0 Å². The number of carbonyl (C=O) groups excluding carboxylic acids is 1. The zero-order valence-corrected chi connectivity index (χ0v) is 10.7. The fourth-order valence-corrected chi connectivity index (χ4v) is 2.38. The molecule has 0 aliphatic carbocycles. The minimum Gasteiger partial charge on any atom is -0.394 e. The molecule has 6 nitrogen and oxygen atoms in total. The Hall–Kier alpha value is -0.690. The van der Waals surface area contributed by atoms with Crippen LogP contribution in [0.3, 0.4) is 0 Å². The third kappa shape index (κ3) is 3.64. The Bertz CT molecular complexity index is 260. The highest BCUT2D eigenvalue weighted by atomic mass is 16.5. The minimum absolute atomic E-state index is 0.00715. The molecule has 1 aliphatic heterocycles. The van der Waals surface area contributed by atoms with Crippen molar-refractivity contribution < 1.29 is 14.6 Å². The van der Waals surface area contributed by atoms with E-state index in [0.717, 1.165) is 0 Å². The molecule has 100 valence electrons. The molecule has 17 heavy (non-hydrogen) atoms. The van der Waals surface area contributed by atoms with Crippen molar-refractivity contribution in [2.24, 2.45) is 11.8 Å². The van der Waals surface area contributed by atoms with Crippen molar-refractivity contribution in [2.75, 3.05) is 19.7 Å². The van der Waals surface area contributed by atoms with Crippen LogP contribution >= 0.6 is 0 Å². The molecule has 6 heteroatoms. The summed E-state index contributed by atoms with van der Waals surface area (Å²) in [5.41, 5.74) is 2.21. The molecule has 0 aromatic carbocycles. The summed E-state index contributed by atoms with van der Waals surface area (Å²) in [5.74, 6) is 5.18. The van der Waals surface area contributed by atoms with Gasteiger partial charge in [0, 0.05) is 13.1 Å². The highest BCUT2D eigenvalue weighted by Gasteiger charge is 2.34. The summed E-state index contributed by atoms with van der Waals surface area (Å²) in [6.45, 7) is 7.09. The van der Waals surface area contributed by atoms with Crippen molar-refractivity contribution in [3.05, 3.63) is 0 Å². The molecule has 3 atom stereocenters. The lowest BCUT2D eigenvalue weighted by Crippen LogP contribution is -2.58. The summed E-state index contributed by atoms with van der Waals surface area (Å²) < 4.78 is 5.55. The average molecular weight is 245 g/mol. The van der Waals surface area contributed by atoms with Crippen LogP contribution in [0, 0.1) is 5.92 Å². The number of amides is 1. The highest BCUT2D eigenvalue weighted by molar-refractivity contribution is 5.81. The van der Waals surface area contributed by atoms with Crippen LogP contribution in [0.2, 0.25) is 0 Å². The molecule has 1 aliphatic rings. The van der Waals surface area contributed by atoms with Gasteiger partial charge in [0.05, 0.1) is 24.9 Å². The first kappa shape index (κ1) is 14.4. The molecule has 3 unspecified atom stereocenters. The molecule has 1 fully saturated rings. The highest BCUT2D eigenvalue weighted by Crippen LogP contribution is 2.18. The van der Waals surface area contributed by atoms with Gasteiger partial charge in [-0.05, 0) is 12.8 Å². The Morgan fingerprint density at radius 1 is 1.59 bits per heavy atom. The largest absolute Gasteiger partial charge is 0.394 e. The van der Waals surface area contributed by atoms with Crippen molar-refractivity contribution >= 4 is 5.91 Å². The summed E-state index contributed by atoms with van der Waals surface area (Å²) in [5, 5.41) is 9.17. The number of rotatable bonds is 4. The lowest BCUT2D eigenvalue weighted by molar-refractivity contribution is -0.139. The third-order valence-corrected chi connectivity index (χ3v) is 2.99. The van der Waals surface area contributed by atoms with E-state index in [-0.39, 0.29) is 36.7 Å². The SMILES string of the molecule is CC1CN(C(C(=O)NN)C(C)C)CC(CO)O1. The fraction of sp³-hybridized carbons (Fsp3) is 0.909. The van der Waals surface area contributed by atoms with Crippen molar-refractivity contribution in [3.63, 3.8) is 0 Å². The van der Waals surface area contributed by atoms with E-state index in [1.165, 1.54) is 0 Å². The van der Waals surface area contributed by atoms with E-state index in [0.29, 0.717) is 13.1 Å². The molecule has 0 aromatic heterocycles. The second kappa shape index (κ2) is 6.30. The molecule has 1 rings (SSSR count). The molecule has 4 N–H and O–H groups in total. The first-order valence-electron chi connectivity index (χ1n) is 6.00. The molecular formula is C11H23N3O3. The van der Waals surface area contributed by atoms with E-state index in [1.54, 1.807) is 0 Å². The summed E-state index contributed by atoms with van der Waals surface area (Å²) >= 11 is 0. The molecular weight excluding hydrogens is 222 g/mol. The number of hydrazine groups is 1. The zero-order chi connectivity index (χ0) is 13.0. The first-order valence-corrected chi connectivity index (χ1v) is 6.00. The Labute approximate surface area is 102 Å². The van der Waals surface area contributed by atoms with Crippen molar-refractivity contribution in [3.8, 4) is 0 Å². The van der Waals surface area contributed by atoms with Crippen LogP contribution < -0.4 is 11.3 Å². The summed E-state index contributed by atoms with van der Waals surface area (Å²) in [6.07, 6.45) is -0.224. The average Bonchev–Trinajstić information content (AvgIpc) is 2.27. The van der Waals surface area contributed by atoms with Gasteiger partial charge in [-0.1, -0.05) is 13.8 Å². The van der Waals surface area contributed by atoms with Gasteiger partial charge in [-0.25, -0.2) is 5.84 Å². The van der Waals surface area contributed by atoms with Gasteiger partial charge in [-0.15, -0.1) is 0 Å². The Balaban J connectivity index is 2.76. The van der Waals surface area contributed by atoms with Crippen LogP contribution in [0.15, 0.2) is 0 Å². The number of morpholine rings is 1. The predicted molar refractivity (Wildman–Crippen MR) is 63.9 cm³/mol. The van der Waals surface area contributed by atoms with E-state index in [4.69, 9.17) is 15.7 Å². The number of nitrogens with zero attached hydrogens (tertiary/aromatic N) is 1. The van der Waals surface area contributed by atoms with E-state index < -0.39 is 0 Å². The smallest absolute Gasteiger partial charge is 0.251 e. The van der Waals surface area contributed by atoms with Crippen molar-refractivity contribution in [1.29, 1.82) is 0 Å². The lowest BCUT2D eigenvalue weighted by Gasteiger charge is -2.41. The normalized spacial score (nSPS) is 28.1. The summed E-state index contributed by atoms with van der Waals surface area (Å²) in [7, 11) is 0. The van der Waals surface area contributed by atoms with Gasteiger partial charge in [0.25, 0.3) is 5.91 Å². The van der Waals surface area contributed by atoms with Gasteiger partial charge in [-0.3, -0.25) is 15.1 Å². The fourth-order valence-electron chi connectivity index (χ4n) is 2.38. The standard InChI is InChI=1S/C11H23N3O3/c1-7(2)10(11(16)13-12)14-4-8(3)17-9(5-14)6-15/h7-10,15H,4-6,12H2,1-3H3,(H,13,16). The molecule has 0 saturated carbocycles. The van der Waals surface area contributed by atoms with Crippen LogP contribution in [0.25, 0.3) is 0 Å². The monoisotopic (exact) mass is 245 g/mol. The van der Waals surface area contributed by atoms with Gasteiger partial charge < -0.3 is 9.84 Å². The van der Waals surface area contributed by atoms with Gasteiger partial charge >= 0.3 is 0 Å². The number of aliphatic hydroxyl groups excluding tert-OH is 1. The molecule has 0 spiro atoms. The topological polar surface area (TPSA) is 87.8 Å². The second-order valence-corrected chi connectivity index (χ2v) is 4.90. The third-order valence-electron chi connectivity index (χ3n) is 2.99. The number of hydrogen-bond acceptors (Lipinski definition) is 5. The summed E-state index contributed by atoms with van der Waals surface area (Å²) in [4.78, 5) is 13.8. The van der Waals surface area contributed by atoms with Crippen molar-refractivity contribution in [2.45, 2.75) is 39.0 Å². The maximum Gasteiger partial charge on any atom is 0.251 e. The number of aliphatic hydroxyl groups is 1. The number of ether oxygens (including phenoxy) is 1.